The standard InChI is InChI=1S/C28H25FN2O6/c1-3-13-36-22-11-8-21(9-12-22)31-27(33)24(26(32)30-28(31)34)15-19-7-10-23(35-2)16-25(19)37-17-18-5-4-6-20(29)14-18/h4-12,14-16H,3,13,17H2,1-2H3,(H,30,32,34)/b24-15-. The van der Waals surface area contributed by atoms with E-state index in [1.807, 2.05) is 6.92 Å². The van der Waals surface area contributed by atoms with Crippen LogP contribution in [0.25, 0.3) is 6.08 Å². The number of imide groups is 2. The molecule has 0 radical (unpaired) electrons. The average Bonchev–Trinajstić information content (AvgIpc) is 2.89. The molecule has 9 heteroatoms. The van der Waals surface area contributed by atoms with Crippen molar-refractivity contribution < 1.29 is 33.0 Å². The molecule has 0 unspecified atom stereocenters. The van der Waals surface area contributed by atoms with E-state index in [9.17, 15) is 18.8 Å². The first-order valence-corrected chi connectivity index (χ1v) is 11.6. The van der Waals surface area contributed by atoms with E-state index in [0.717, 1.165) is 11.3 Å². The lowest BCUT2D eigenvalue weighted by atomic mass is 10.1. The molecule has 3 aromatic rings. The molecule has 1 heterocycles. The van der Waals surface area contributed by atoms with Crippen LogP contribution in [0.15, 0.2) is 72.3 Å². The number of methoxy groups -OCH3 is 1. The fourth-order valence-electron chi connectivity index (χ4n) is 3.63. The zero-order valence-corrected chi connectivity index (χ0v) is 20.3. The number of ether oxygens (including phenoxy) is 3. The maximum atomic E-state index is 13.6. The van der Waals surface area contributed by atoms with Gasteiger partial charge in [0.05, 0.1) is 19.4 Å². The number of rotatable bonds is 9. The number of halogens is 1. The minimum absolute atomic E-state index is 0.0400. The Hall–Kier alpha value is -4.66. The van der Waals surface area contributed by atoms with Gasteiger partial charge < -0.3 is 14.2 Å². The highest BCUT2D eigenvalue weighted by molar-refractivity contribution is 6.39. The molecular weight excluding hydrogens is 479 g/mol. The molecule has 0 aromatic heterocycles. The van der Waals surface area contributed by atoms with Gasteiger partial charge in [0.15, 0.2) is 0 Å². The predicted molar refractivity (Wildman–Crippen MR) is 135 cm³/mol. The molecule has 0 aliphatic carbocycles. The number of nitrogens with zero attached hydrogens (tertiary/aromatic N) is 1. The van der Waals surface area contributed by atoms with Gasteiger partial charge in [-0.25, -0.2) is 14.1 Å². The Kier molecular flexibility index (Phi) is 7.83. The van der Waals surface area contributed by atoms with Crippen LogP contribution in [-0.2, 0) is 16.2 Å². The van der Waals surface area contributed by atoms with Crippen LogP contribution in [-0.4, -0.2) is 31.6 Å². The Labute approximate surface area is 213 Å². The number of nitrogens with one attached hydrogen (secondary N) is 1. The summed E-state index contributed by atoms with van der Waals surface area (Å²) in [7, 11) is 1.49. The van der Waals surface area contributed by atoms with E-state index in [-0.39, 0.29) is 17.9 Å². The zero-order chi connectivity index (χ0) is 26.4. The normalized spacial score (nSPS) is 14.5. The lowest BCUT2D eigenvalue weighted by molar-refractivity contribution is -0.122. The highest BCUT2D eigenvalue weighted by atomic mass is 19.1. The summed E-state index contributed by atoms with van der Waals surface area (Å²) in [5.74, 6) is -0.631. The predicted octanol–water partition coefficient (Wildman–Crippen LogP) is 4.87. The number of carbonyl (C=O) groups is 3. The van der Waals surface area contributed by atoms with Gasteiger partial charge in [-0.1, -0.05) is 19.1 Å². The van der Waals surface area contributed by atoms with E-state index in [1.165, 1.54) is 25.3 Å². The summed E-state index contributed by atoms with van der Waals surface area (Å²) >= 11 is 0. The molecule has 0 atom stereocenters. The summed E-state index contributed by atoms with van der Waals surface area (Å²) in [6.07, 6.45) is 2.18. The zero-order valence-electron chi connectivity index (χ0n) is 20.3. The van der Waals surface area contributed by atoms with Crippen molar-refractivity contribution in [3.8, 4) is 17.2 Å². The molecule has 3 aromatic carbocycles. The number of hydrogen-bond donors (Lipinski definition) is 1. The maximum absolute atomic E-state index is 13.6. The molecule has 1 aliphatic heterocycles. The van der Waals surface area contributed by atoms with Crippen LogP contribution >= 0.6 is 0 Å². The fraction of sp³-hybridized carbons (Fsp3) is 0.179. The largest absolute Gasteiger partial charge is 0.497 e. The van der Waals surface area contributed by atoms with E-state index in [1.54, 1.807) is 54.6 Å². The van der Waals surface area contributed by atoms with E-state index in [4.69, 9.17) is 14.2 Å². The van der Waals surface area contributed by atoms with Crippen molar-refractivity contribution in [2.24, 2.45) is 0 Å². The molecule has 37 heavy (non-hydrogen) atoms. The number of anilines is 1. The monoisotopic (exact) mass is 504 g/mol. The van der Waals surface area contributed by atoms with E-state index in [2.05, 4.69) is 5.32 Å². The Balaban J connectivity index is 1.63. The van der Waals surface area contributed by atoms with Crippen molar-refractivity contribution in [2.75, 3.05) is 18.6 Å². The molecule has 1 fully saturated rings. The first-order valence-electron chi connectivity index (χ1n) is 11.6. The minimum atomic E-state index is -0.855. The number of urea groups is 1. The number of carbonyl (C=O) groups excluding carboxylic acids is 3. The fourth-order valence-corrected chi connectivity index (χ4v) is 3.63. The second-order valence-electron chi connectivity index (χ2n) is 8.12. The minimum Gasteiger partial charge on any atom is -0.497 e. The van der Waals surface area contributed by atoms with Crippen molar-refractivity contribution >= 4 is 29.6 Å². The molecule has 1 N–H and O–H groups in total. The van der Waals surface area contributed by atoms with Gasteiger partial charge in [0.25, 0.3) is 11.8 Å². The third kappa shape index (κ3) is 5.95. The van der Waals surface area contributed by atoms with Crippen molar-refractivity contribution in [2.45, 2.75) is 20.0 Å². The maximum Gasteiger partial charge on any atom is 0.335 e. The quantitative estimate of drug-likeness (QED) is 0.330. The Morgan fingerprint density at radius 3 is 2.41 bits per heavy atom. The second kappa shape index (κ2) is 11.4. The third-order valence-corrected chi connectivity index (χ3v) is 5.47. The van der Waals surface area contributed by atoms with Crippen LogP contribution in [0.5, 0.6) is 17.2 Å². The topological polar surface area (TPSA) is 94.2 Å². The summed E-state index contributed by atoms with van der Waals surface area (Å²) < 4.78 is 30.3. The highest BCUT2D eigenvalue weighted by Crippen LogP contribution is 2.30. The number of amides is 4. The smallest absolute Gasteiger partial charge is 0.335 e. The Morgan fingerprint density at radius 2 is 1.70 bits per heavy atom. The summed E-state index contributed by atoms with van der Waals surface area (Å²) in [5, 5.41) is 2.20. The van der Waals surface area contributed by atoms with Crippen molar-refractivity contribution in [1.29, 1.82) is 0 Å². The van der Waals surface area contributed by atoms with Crippen molar-refractivity contribution in [3.63, 3.8) is 0 Å². The molecule has 4 rings (SSSR count). The van der Waals surface area contributed by atoms with Gasteiger partial charge in [-0.2, -0.15) is 0 Å². The van der Waals surface area contributed by atoms with Crippen LogP contribution in [0.1, 0.15) is 24.5 Å². The summed E-state index contributed by atoms with van der Waals surface area (Å²) in [5.41, 5.74) is 1.01. The van der Waals surface area contributed by atoms with Crippen LogP contribution in [0.3, 0.4) is 0 Å². The molecule has 1 saturated heterocycles. The molecule has 1 aliphatic rings. The molecule has 8 nitrogen and oxygen atoms in total. The molecule has 0 spiro atoms. The summed E-state index contributed by atoms with van der Waals surface area (Å²) in [4.78, 5) is 39.4. The van der Waals surface area contributed by atoms with Crippen LogP contribution < -0.4 is 24.4 Å². The van der Waals surface area contributed by atoms with Crippen LogP contribution in [0, 0.1) is 5.82 Å². The average molecular weight is 505 g/mol. The lowest BCUT2D eigenvalue weighted by Crippen LogP contribution is -2.54. The molecule has 4 amide bonds. The van der Waals surface area contributed by atoms with Crippen LogP contribution in [0.4, 0.5) is 14.9 Å². The first kappa shape index (κ1) is 25.4. The van der Waals surface area contributed by atoms with Gasteiger partial charge in [0, 0.05) is 11.6 Å². The van der Waals surface area contributed by atoms with Gasteiger partial charge >= 0.3 is 6.03 Å². The second-order valence-corrected chi connectivity index (χ2v) is 8.12. The molecule has 0 bridgehead atoms. The summed E-state index contributed by atoms with van der Waals surface area (Å²) in [6, 6.07) is 16.4. The SMILES string of the molecule is CCCOc1ccc(N2C(=O)NC(=O)/C(=C/c3ccc(OC)cc3OCc3cccc(F)c3)C2=O)cc1. The highest BCUT2D eigenvalue weighted by Gasteiger charge is 2.37. The summed E-state index contributed by atoms with van der Waals surface area (Å²) in [6.45, 7) is 2.56. The van der Waals surface area contributed by atoms with Crippen LogP contribution in [0.2, 0.25) is 0 Å². The van der Waals surface area contributed by atoms with Gasteiger partial charge in [-0.15, -0.1) is 0 Å². The number of hydrogen-bond acceptors (Lipinski definition) is 6. The molecule has 190 valence electrons. The van der Waals surface area contributed by atoms with Gasteiger partial charge in [0.1, 0.15) is 35.2 Å². The van der Waals surface area contributed by atoms with E-state index >= 15 is 0 Å². The Bertz CT molecular complexity index is 1350. The number of barbiturate groups is 1. The molecule has 0 saturated carbocycles. The van der Waals surface area contributed by atoms with Crippen molar-refractivity contribution in [3.05, 3.63) is 89.2 Å². The molecular formula is C28H25FN2O6. The number of benzene rings is 3. The van der Waals surface area contributed by atoms with Crippen molar-refractivity contribution in [1.82, 2.24) is 5.32 Å². The van der Waals surface area contributed by atoms with E-state index < -0.39 is 23.7 Å². The lowest BCUT2D eigenvalue weighted by Gasteiger charge is -2.26. The van der Waals surface area contributed by atoms with E-state index in [0.29, 0.717) is 35.0 Å². The van der Waals surface area contributed by atoms with Gasteiger partial charge in [-0.05, 0) is 66.6 Å². The third-order valence-electron chi connectivity index (χ3n) is 5.47. The Morgan fingerprint density at radius 1 is 0.946 bits per heavy atom. The first-order chi connectivity index (χ1) is 17.9. The van der Waals surface area contributed by atoms with Gasteiger partial charge in [-0.3, -0.25) is 14.9 Å². The van der Waals surface area contributed by atoms with Gasteiger partial charge in [0.2, 0.25) is 0 Å².